The van der Waals surface area contributed by atoms with Crippen LogP contribution in [-0.4, -0.2) is 53.6 Å². The summed E-state index contributed by atoms with van der Waals surface area (Å²) >= 11 is 0. The van der Waals surface area contributed by atoms with Crippen LogP contribution in [0.25, 0.3) is 10.8 Å². The molecule has 35 heavy (non-hydrogen) atoms. The van der Waals surface area contributed by atoms with Gasteiger partial charge in [-0.05, 0) is 42.8 Å². The van der Waals surface area contributed by atoms with Crippen LogP contribution in [0.1, 0.15) is 23.1 Å². The number of aryl methyl sites for hydroxylation is 1. The summed E-state index contributed by atoms with van der Waals surface area (Å²) in [5.41, 5.74) is 0.634. The maximum Gasteiger partial charge on any atom is 0.258 e. The molecule has 1 fully saturated rings. The van der Waals surface area contributed by atoms with Gasteiger partial charge in [-0.2, -0.15) is 4.98 Å². The molecule has 1 saturated heterocycles. The number of fused-ring (bicyclic) bond motifs is 1. The van der Waals surface area contributed by atoms with Crippen molar-refractivity contribution in [1.29, 1.82) is 0 Å². The molecule has 7 heteroatoms. The molecule has 0 atom stereocenters. The molecule has 0 spiro atoms. The average Bonchev–Trinajstić information content (AvgIpc) is 2.89. The molecule has 1 aliphatic heterocycles. The summed E-state index contributed by atoms with van der Waals surface area (Å²) in [4.78, 5) is 26.8. The highest BCUT2D eigenvalue weighted by Crippen LogP contribution is 2.30. The van der Waals surface area contributed by atoms with E-state index in [-0.39, 0.29) is 5.91 Å². The van der Waals surface area contributed by atoms with E-state index in [9.17, 15) is 4.79 Å². The van der Waals surface area contributed by atoms with Gasteiger partial charge < -0.3 is 19.3 Å². The Morgan fingerprint density at radius 1 is 0.914 bits per heavy atom. The lowest BCUT2D eigenvalue weighted by Crippen LogP contribution is -2.49. The Labute approximate surface area is 204 Å². The van der Waals surface area contributed by atoms with Crippen LogP contribution in [0.15, 0.2) is 72.8 Å². The summed E-state index contributed by atoms with van der Waals surface area (Å²) in [6.07, 6.45) is 0. The van der Waals surface area contributed by atoms with E-state index < -0.39 is 0 Å². The molecule has 178 valence electrons. The van der Waals surface area contributed by atoms with Crippen LogP contribution in [-0.2, 0) is 0 Å². The highest BCUT2D eigenvalue weighted by atomic mass is 16.5. The minimum atomic E-state index is -0.00290. The first-order chi connectivity index (χ1) is 17.1. The predicted molar refractivity (Wildman–Crippen MR) is 137 cm³/mol. The maximum absolute atomic E-state index is 13.6. The lowest BCUT2D eigenvalue weighted by Gasteiger charge is -2.36. The largest absolute Gasteiger partial charge is 0.493 e. The number of anilines is 1. The van der Waals surface area contributed by atoms with Gasteiger partial charge in [0, 0.05) is 32.2 Å². The standard InChI is InChI=1S/C28H28N4O3/c1-3-34-24-14-13-21-9-7-8-12-23(21)27(24)28(33)32-17-15-31(16-18-32)25-19-26(30-20(2)29-25)35-22-10-5-4-6-11-22/h4-14,19H,3,15-18H2,1-2H3. The Bertz CT molecular complexity index is 1330. The van der Waals surface area contributed by atoms with Crippen LogP contribution in [0.3, 0.4) is 0 Å². The number of carbonyl (C=O) groups excluding carboxylic acids is 1. The van der Waals surface area contributed by atoms with Gasteiger partial charge >= 0.3 is 0 Å². The van der Waals surface area contributed by atoms with Gasteiger partial charge in [-0.3, -0.25) is 4.79 Å². The molecule has 2 heterocycles. The smallest absolute Gasteiger partial charge is 0.258 e. The lowest BCUT2D eigenvalue weighted by molar-refractivity contribution is 0.0744. The molecule has 1 aliphatic rings. The van der Waals surface area contributed by atoms with Gasteiger partial charge in [0.25, 0.3) is 5.91 Å². The molecule has 1 aromatic heterocycles. The van der Waals surface area contributed by atoms with Crippen molar-refractivity contribution in [2.24, 2.45) is 0 Å². The molecule has 0 N–H and O–H groups in total. The van der Waals surface area contributed by atoms with Crippen LogP contribution in [0, 0.1) is 6.92 Å². The first kappa shape index (κ1) is 22.7. The van der Waals surface area contributed by atoms with E-state index in [2.05, 4.69) is 14.9 Å². The molecule has 4 aromatic rings. The molecule has 3 aromatic carbocycles. The molecule has 0 bridgehead atoms. The second-order valence-electron chi connectivity index (χ2n) is 8.40. The third-order valence-corrected chi connectivity index (χ3v) is 6.06. The summed E-state index contributed by atoms with van der Waals surface area (Å²) in [7, 11) is 0. The topological polar surface area (TPSA) is 67.8 Å². The molecule has 0 aliphatic carbocycles. The van der Waals surface area contributed by atoms with Crippen LogP contribution in [0.5, 0.6) is 17.4 Å². The Morgan fingerprint density at radius 2 is 1.66 bits per heavy atom. The molecule has 1 amide bonds. The van der Waals surface area contributed by atoms with Gasteiger partial charge in [0.15, 0.2) is 0 Å². The van der Waals surface area contributed by atoms with Gasteiger partial charge in [0.1, 0.15) is 23.1 Å². The number of amides is 1. The number of aromatic nitrogens is 2. The third-order valence-electron chi connectivity index (χ3n) is 6.06. The molecular formula is C28H28N4O3. The Morgan fingerprint density at radius 3 is 2.43 bits per heavy atom. The first-order valence-electron chi connectivity index (χ1n) is 11.9. The zero-order chi connectivity index (χ0) is 24.2. The maximum atomic E-state index is 13.6. The van der Waals surface area contributed by atoms with Crippen molar-refractivity contribution in [3.05, 3.63) is 84.2 Å². The van der Waals surface area contributed by atoms with E-state index in [1.807, 2.05) is 91.5 Å². The lowest BCUT2D eigenvalue weighted by atomic mass is 10.0. The molecule has 0 unspecified atom stereocenters. The van der Waals surface area contributed by atoms with Crippen LogP contribution >= 0.6 is 0 Å². The number of piperazine rings is 1. The Balaban J connectivity index is 1.33. The number of rotatable bonds is 6. The van der Waals surface area contributed by atoms with E-state index in [4.69, 9.17) is 9.47 Å². The predicted octanol–water partition coefficient (Wildman–Crippen LogP) is 5.09. The summed E-state index contributed by atoms with van der Waals surface area (Å²) in [5, 5.41) is 1.94. The minimum absolute atomic E-state index is 0.00290. The van der Waals surface area contributed by atoms with Gasteiger partial charge in [0.05, 0.1) is 12.2 Å². The second-order valence-corrected chi connectivity index (χ2v) is 8.40. The van der Waals surface area contributed by atoms with Gasteiger partial charge in [-0.15, -0.1) is 0 Å². The van der Waals surface area contributed by atoms with E-state index in [0.717, 1.165) is 22.3 Å². The van der Waals surface area contributed by atoms with E-state index in [1.54, 1.807) is 0 Å². The van der Waals surface area contributed by atoms with E-state index in [0.29, 0.717) is 55.8 Å². The fourth-order valence-electron chi connectivity index (χ4n) is 4.39. The number of hydrogen-bond donors (Lipinski definition) is 0. The van der Waals surface area contributed by atoms with Crippen molar-refractivity contribution in [3.8, 4) is 17.4 Å². The van der Waals surface area contributed by atoms with Crippen LogP contribution in [0.4, 0.5) is 5.82 Å². The Kier molecular flexibility index (Phi) is 6.48. The molecule has 0 radical (unpaired) electrons. The van der Waals surface area contributed by atoms with Crippen molar-refractivity contribution in [1.82, 2.24) is 14.9 Å². The second kappa shape index (κ2) is 10.0. The fraction of sp³-hybridized carbons (Fsp3) is 0.250. The van der Waals surface area contributed by atoms with E-state index in [1.165, 1.54) is 0 Å². The summed E-state index contributed by atoms with van der Waals surface area (Å²) in [6, 6.07) is 23.3. The van der Waals surface area contributed by atoms with Crippen molar-refractivity contribution < 1.29 is 14.3 Å². The van der Waals surface area contributed by atoms with E-state index >= 15 is 0 Å². The Hall–Kier alpha value is -4.13. The molecule has 0 saturated carbocycles. The fourth-order valence-corrected chi connectivity index (χ4v) is 4.39. The van der Waals surface area contributed by atoms with Gasteiger partial charge in [0.2, 0.25) is 5.88 Å². The SMILES string of the molecule is CCOc1ccc2ccccc2c1C(=O)N1CCN(c2cc(Oc3ccccc3)nc(C)n2)CC1. The van der Waals surface area contributed by atoms with Crippen molar-refractivity contribution in [2.75, 3.05) is 37.7 Å². The van der Waals surface area contributed by atoms with Crippen molar-refractivity contribution in [2.45, 2.75) is 13.8 Å². The first-order valence-corrected chi connectivity index (χ1v) is 11.9. The van der Waals surface area contributed by atoms with Crippen molar-refractivity contribution >= 4 is 22.5 Å². The number of para-hydroxylation sites is 1. The highest BCUT2D eigenvalue weighted by Gasteiger charge is 2.27. The van der Waals surface area contributed by atoms with Gasteiger partial charge in [-0.25, -0.2) is 4.98 Å². The monoisotopic (exact) mass is 468 g/mol. The van der Waals surface area contributed by atoms with Crippen LogP contribution in [0.2, 0.25) is 0 Å². The molecule has 5 rings (SSSR count). The average molecular weight is 469 g/mol. The summed E-state index contributed by atoms with van der Waals surface area (Å²) < 4.78 is 11.8. The summed E-state index contributed by atoms with van der Waals surface area (Å²) in [5.74, 6) is 3.31. The van der Waals surface area contributed by atoms with Gasteiger partial charge in [-0.1, -0.05) is 48.5 Å². The number of benzene rings is 3. The number of hydrogen-bond acceptors (Lipinski definition) is 6. The van der Waals surface area contributed by atoms with Crippen molar-refractivity contribution in [3.63, 3.8) is 0 Å². The normalized spacial score (nSPS) is 13.7. The number of nitrogens with zero attached hydrogens (tertiary/aromatic N) is 4. The molecule has 7 nitrogen and oxygen atoms in total. The zero-order valence-corrected chi connectivity index (χ0v) is 20.0. The minimum Gasteiger partial charge on any atom is -0.493 e. The highest BCUT2D eigenvalue weighted by molar-refractivity contribution is 6.09. The molecular weight excluding hydrogens is 440 g/mol. The third kappa shape index (κ3) is 4.89. The quantitative estimate of drug-likeness (QED) is 0.393. The summed E-state index contributed by atoms with van der Waals surface area (Å²) in [6.45, 7) is 6.81. The zero-order valence-electron chi connectivity index (χ0n) is 20.0. The number of carbonyl (C=O) groups is 1. The van der Waals surface area contributed by atoms with Crippen LogP contribution < -0.4 is 14.4 Å². The number of ether oxygens (including phenoxy) is 2.